The SMILES string of the molecule is CC(N)=NCc1ccccc1CN. The first-order valence-electron chi connectivity index (χ1n) is 4.27. The molecule has 1 rings (SSSR count). The molecule has 3 heteroatoms. The highest BCUT2D eigenvalue weighted by molar-refractivity contribution is 5.77. The lowest BCUT2D eigenvalue weighted by Crippen LogP contribution is -2.06. The van der Waals surface area contributed by atoms with Gasteiger partial charge in [0.25, 0.3) is 0 Å². The first-order chi connectivity index (χ1) is 6.24. The molecular weight excluding hydrogens is 162 g/mol. The second-order valence-electron chi connectivity index (χ2n) is 2.93. The third-order valence-electron chi connectivity index (χ3n) is 1.84. The van der Waals surface area contributed by atoms with Crippen molar-refractivity contribution in [2.45, 2.75) is 20.0 Å². The van der Waals surface area contributed by atoms with Gasteiger partial charge in [-0.2, -0.15) is 0 Å². The van der Waals surface area contributed by atoms with Crippen molar-refractivity contribution in [3.05, 3.63) is 35.4 Å². The Hall–Kier alpha value is -1.35. The fourth-order valence-corrected chi connectivity index (χ4v) is 1.12. The van der Waals surface area contributed by atoms with Crippen molar-refractivity contribution >= 4 is 5.84 Å². The van der Waals surface area contributed by atoms with Crippen molar-refractivity contribution in [2.24, 2.45) is 16.5 Å². The highest BCUT2D eigenvalue weighted by Crippen LogP contribution is 2.08. The molecule has 0 aliphatic carbocycles. The van der Waals surface area contributed by atoms with E-state index in [1.54, 1.807) is 6.92 Å². The molecule has 0 saturated heterocycles. The lowest BCUT2D eigenvalue weighted by atomic mass is 10.1. The standard InChI is InChI=1S/C10H15N3/c1-8(12)13-7-10-5-3-2-4-9(10)6-11/h2-5H,6-7,11H2,1H3,(H2,12,13). The van der Waals surface area contributed by atoms with Crippen LogP contribution in [-0.2, 0) is 13.1 Å². The molecule has 0 fully saturated rings. The van der Waals surface area contributed by atoms with Gasteiger partial charge < -0.3 is 11.5 Å². The third kappa shape index (κ3) is 2.87. The van der Waals surface area contributed by atoms with Crippen LogP contribution in [0, 0.1) is 0 Å². The van der Waals surface area contributed by atoms with Gasteiger partial charge in [0.1, 0.15) is 0 Å². The minimum Gasteiger partial charge on any atom is -0.388 e. The van der Waals surface area contributed by atoms with E-state index in [2.05, 4.69) is 4.99 Å². The van der Waals surface area contributed by atoms with Crippen LogP contribution in [0.5, 0.6) is 0 Å². The second kappa shape index (κ2) is 4.62. The number of nitrogens with two attached hydrogens (primary N) is 2. The number of amidine groups is 1. The third-order valence-corrected chi connectivity index (χ3v) is 1.84. The molecule has 0 saturated carbocycles. The molecule has 0 radical (unpaired) electrons. The van der Waals surface area contributed by atoms with E-state index in [4.69, 9.17) is 11.5 Å². The van der Waals surface area contributed by atoms with Crippen molar-refractivity contribution in [3.8, 4) is 0 Å². The van der Waals surface area contributed by atoms with E-state index in [0.29, 0.717) is 18.9 Å². The molecule has 0 atom stereocenters. The van der Waals surface area contributed by atoms with Crippen LogP contribution in [-0.4, -0.2) is 5.84 Å². The summed E-state index contributed by atoms with van der Waals surface area (Å²) in [6, 6.07) is 7.99. The Morgan fingerprint density at radius 1 is 1.31 bits per heavy atom. The molecule has 1 aromatic carbocycles. The van der Waals surface area contributed by atoms with Gasteiger partial charge in [0.15, 0.2) is 0 Å². The maximum Gasteiger partial charge on any atom is 0.0909 e. The monoisotopic (exact) mass is 177 g/mol. The zero-order chi connectivity index (χ0) is 9.68. The molecule has 0 aliphatic rings. The van der Waals surface area contributed by atoms with Gasteiger partial charge in [0.2, 0.25) is 0 Å². The van der Waals surface area contributed by atoms with Crippen LogP contribution >= 0.6 is 0 Å². The highest BCUT2D eigenvalue weighted by Gasteiger charge is 1.97. The average molecular weight is 177 g/mol. The van der Waals surface area contributed by atoms with Crippen LogP contribution in [0.25, 0.3) is 0 Å². The summed E-state index contributed by atoms with van der Waals surface area (Å²) in [6.07, 6.45) is 0. The fraction of sp³-hybridized carbons (Fsp3) is 0.300. The predicted molar refractivity (Wildman–Crippen MR) is 55.3 cm³/mol. The molecule has 0 amide bonds. The van der Waals surface area contributed by atoms with E-state index in [1.807, 2.05) is 24.3 Å². The molecule has 1 aromatic rings. The minimum absolute atomic E-state index is 0.551. The van der Waals surface area contributed by atoms with Crippen molar-refractivity contribution in [1.82, 2.24) is 0 Å². The van der Waals surface area contributed by atoms with E-state index in [9.17, 15) is 0 Å². The molecule has 0 spiro atoms. The van der Waals surface area contributed by atoms with Gasteiger partial charge in [0, 0.05) is 6.54 Å². The second-order valence-corrected chi connectivity index (χ2v) is 2.93. The van der Waals surface area contributed by atoms with Crippen LogP contribution in [0.4, 0.5) is 0 Å². The highest BCUT2D eigenvalue weighted by atomic mass is 14.8. The molecule has 0 heterocycles. The van der Waals surface area contributed by atoms with Crippen molar-refractivity contribution < 1.29 is 0 Å². The molecule has 13 heavy (non-hydrogen) atoms. The number of hydrogen-bond acceptors (Lipinski definition) is 2. The van der Waals surface area contributed by atoms with Crippen molar-refractivity contribution in [1.29, 1.82) is 0 Å². The lowest BCUT2D eigenvalue weighted by molar-refractivity contribution is 0.976. The summed E-state index contributed by atoms with van der Waals surface area (Å²) in [7, 11) is 0. The summed E-state index contributed by atoms with van der Waals surface area (Å²) in [5, 5.41) is 0. The summed E-state index contributed by atoms with van der Waals surface area (Å²) in [4.78, 5) is 4.14. The van der Waals surface area contributed by atoms with E-state index in [1.165, 1.54) is 0 Å². The zero-order valence-corrected chi connectivity index (χ0v) is 7.83. The number of benzene rings is 1. The van der Waals surface area contributed by atoms with Gasteiger partial charge in [-0.3, -0.25) is 4.99 Å². The smallest absolute Gasteiger partial charge is 0.0909 e. The summed E-state index contributed by atoms with van der Waals surface area (Å²) < 4.78 is 0. The topological polar surface area (TPSA) is 64.4 Å². The first kappa shape index (κ1) is 9.74. The van der Waals surface area contributed by atoms with Crippen molar-refractivity contribution in [3.63, 3.8) is 0 Å². The summed E-state index contributed by atoms with van der Waals surface area (Å²) in [6.45, 7) is 2.95. The maximum atomic E-state index is 5.58. The predicted octanol–water partition coefficient (Wildman–Crippen LogP) is 1.02. The van der Waals surface area contributed by atoms with Gasteiger partial charge in [-0.25, -0.2) is 0 Å². The maximum absolute atomic E-state index is 5.58. The van der Waals surface area contributed by atoms with Gasteiger partial charge in [-0.1, -0.05) is 24.3 Å². The van der Waals surface area contributed by atoms with Gasteiger partial charge in [-0.15, -0.1) is 0 Å². The Morgan fingerprint density at radius 3 is 2.46 bits per heavy atom. The summed E-state index contributed by atoms with van der Waals surface area (Å²) in [5.74, 6) is 0.604. The fourth-order valence-electron chi connectivity index (χ4n) is 1.12. The van der Waals surface area contributed by atoms with Crippen LogP contribution < -0.4 is 11.5 Å². The Morgan fingerprint density at radius 2 is 1.92 bits per heavy atom. The summed E-state index contributed by atoms with van der Waals surface area (Å²) in [5.41, 5.74) is 13.3. The number of aliphatic imine (C=N–C) groups is 1. The molecule has 0 bridgehead atoms. The quantitative estimate of drug-likeness (QED) is 0.535. The largest absolute Gasteiger partial charge is 0.388 e. The van der Waals surface area contributed by atoms with Gasteiger partial charge >= 0.3 is 0 Å². The lowest BCUT2D eigenvalue weighted by Gasteiger charge is -2.04. The number of nitrogens with zero attached hydrogens (tertiary/aromatic N) is 1. The minimum atomic E-state index is 0.551. The Kier molecular flexibility index (Phi) is 3.46. The number of rotatable bonds is 3. The van der Waals surface area contributed by atoms with E-state index in [0.717, 1.165) is 11.1 Å². The van der Waals surface area contributed by atoms with Crippen LogP contribution in [0.15, 0.2) is 29.3 Å². The molecule has 3 nitrogen and oxygen atoms in total. The Bertz CT molecular complexity index is 301. The molecule has 70 valence electrons. The normalized spacial score (nSPS) is 11.7. The zero-order valence-electron chi connectivity index (χ0n) is 7.83. The molecule has 0 aliphatic heterocycles. The summed E-state index contributed by atoms with van der Waals surface area (Å²) >= 11 is 0. The van der Waals surface area contributed by atoms with E-state index < -0.39 is 0 Å². The molecular formula is C10H15N3. The van der Waals surface area contributed by atoms with Crippen LogP contribution in [0.2, 0.25) is 0 Å². The Labute approximate surface area is 78.5 Å². The van der Waals surface area contributed by atoms with Gasteiger partial charge in [0.05, 0.1) is 12.4 Å². The van der Waals surface area contributed by atoms with Crippen molar-refractivity contribution in [2.75, 3.05) is 0 Å². The van der Waals surface area contributed by atoms with E-state index >= 15 is 0 Å². The molecule has 0 aromatic heterocycles. The molecule has 4 N–H and O–H groups in total. The van der Waals surface area contributed by atoms with Crippen LogP contribution in [0.1, 0.15) is 18.1 Å². The Balaban J connectivity index is 2.81. The van der Waals surface area contributed by atoms with Gasteiger partial charge in [-0.05, 0) is 18.1 Å². The molecule has 0 unspecified atom stereocenters. The number of hydrogen-bond donors (Lipinski definition) is 2. The average Bonchev–Trinajstić information content (AvgIpc) is 2.15. The van der Waals surface area contributed by atoms with Crippen LogP contribution in [0.3, 0.4) is 0 Å². The van der Waals surface area contributed by atoms with E-state index in [-0.39, 0.29) is 0 Å². The first-order valence-corrected chi connectivity index (χ1v) is 4.27.